The summed E-state index contributed by atoms with van der Waals surface area (Å²) in [5.41, 5.74) is 0.385. The fourth-order valence-corrected chi connectivity index (χ4v) is 3.01. The molecule has 10 heteroatoms. The van der Waals surface area contributed by atoms with Crippen molar-refractivity contribution in [3.8, 4) is 5.75 Å². The van der Waals surface area contributed by atoms with Gasteiger partial charge in [-0.1, -0.05) is 11.8 Å². The van der Waals surface area contributed by atoms with E-state index in [0.29, 0.717) is 16.9 Å². The lowest BCUT2D eigenvalue weighted by molar-refractivity contribution is -0.274. The lowest BCUT2D eigenvalue weighted by atomic mass is 10.3. The summed E-state index contributed by atoms with van der Waals surface area (Å²) >= 11 is 1.29. The van der Waals surface area contributed by atoms with Crippen LogP contribution in [0.3, 0.4) is 0 Å². The van der Waals surface area contributed by atoms with Crippen LogP contribution in [0.15, 0.2) is 35.7 Å². The number of nitrogens with zero attached hydrogens (tertiary/aromatic N) is 3. The van der Waals surface area contributed by atoms with Crippen molar-refractivity contribution < 1.29 is 22.7 Å². The minimum Gasteiger partial charge on any atom is -0.406 e. The van der Waals surface area contributed by atoms with E-state index in [-0.39, 0.29) is 11.7 Å². The Labute approximate surface area is 145 Å². The number of rotatable bonds is 6. The molecule has 1 aromatic heterocycles. The van der Waals surface area contributed by atoms with Gasteiger partial charge in [-0.2, -0.15) is 0 Å². The van der Waals surface area contributed by atoms with Crippen molar-refractivity contribution in [3.63, 3.8) is 0 Å². The van der Waals surface area contributed by atoms with Crippen molar-refractivity contribution in [2.24, 2.45) is 0 Å². The van der Waals surface area contributed by atoms with Gasteiger partial charge < -0.3 is 14.6 Å². The molecule has 1 heterocycles. The van der Waals surface area contributed by atoms with Gasteiger partial charge in [0, 0.05) is 11.7 Å². The summed E-state index contributed by atoms with van der Waals surface area (Å²) in [5, 5.41) is 10.8. The quantitative estimate of drug-likeness (QED) is 0.784. The number of hydrogen-bond donors (Lipinski definition) is 1. The average molecular weight is 372 g/mol. The molecule has 0 aliphatic heterocycles. The van der Waals surface area contributed by atoms with Crippen LogP contribution in [0.2, 0.25) is 0 Å². The highest BCUT2D eigenvalue weighted by molar-refractivity contribution is 8.00. The zero-order valence-electron chi connectivity index (χ0n) is 13.2. The Morgan fingerprint density at radius 2 is 2.04 bits per heavy atom. The van der Waals surface area contributed by atoms with Crippen LogP contribution in [0.5, 0.6) is 5.75 Å². The number of nitrogens with one attached hydrogen (secondary N) is 1. The molecule has 1 saturated carbocycles. The van der Waals surface area contributed by atoms with E-state index in [4.69, 9.17) is 0 Å². The highest BCUT2D eigenvalue weighted by atomic mass is 32.2. The fraction of sp³-hybridized carbons (Fsp3) is 0.400. The highest BCUT2D eigenvalue weighted by Crippen LogP contribution is 2.38. The Morgan fingerprint density at radius 3 is 2.64 bits per heavy atom. The maximum absolute atomic E-state index is 12.2. The lowest BCUT2D eigenvalue weighted by Crippen LogP contribution is -2.23. The summed E-state index contributed by atoms with van der Waals surface area (Å²) < 4.78 is 42.1. The summed E-state index contributed by atoms with van der Waals surface area (Å²) in [6, 6.07) is 5.40. The van der Waals surface area contributed by atoms with Crippen LogP contribution in [0.1, 0.15) is 25.8 Å². The molecule has 0 spiro atoms. The van der Waals surface area contributed by atoms with E-state index in [9.17, 15) is 18.0 Å². The molecule has 1 aromatic carbocycles. The summed E-state index contributed by atoms with van der Waals surface area (Å²) in [6.45, 7) is 1.73. The molecule has 0 saturated heterocycles. The molecule has 2 aromatic rings. The summed E-state index contributed by atoms with van der Waals surface area (Å²) in [4.78, 5) is 12.2. The number of thioether (sulfide) groups is 1. The molecule has 0 bridgehead atoms. The second-order valence-corrected chi connectivity index (χ2v) is 6.88. The lowest BCUT2D eigenvalue weighted by Gasteiger charge is -2.13. The average Bonchev–Trinajstić information content (AvgIpc) is 3.27. The number of halogens is 3. The Morgan fingerprint density at radius 1 is 1.36 bits per heavy atom. The number of benzene rings is 1. The number of hydrogen-bond acceptors (Lipinski definition) is 5. The summed E-state index contributed by atoms with van der Waals surface area (Å²) in [6.07, 6.45) is -0.922. The largest absolute Gasteiger partial charge is 0.573 e. The maximum atomic E-state index is 12.2. The van der Waals surface area contributed by atoms with Gasteiger partial charge in [0.05, 0.1) is 5.25 Å². The first-order chi connectivity index (χ1) is 11.8. The Bertz CT molecular complexity index is 744. The second kappa shape index (κ2) is 6.95. The first-order valence-electron chi connectivity index (χ1n) is 7.54. The first kappa shape index (κ1) is 17.6. The van der Waals surface area contributed by atoms with E-state index in [1.54, 1.807) is 13.3 Å². The number of carbonyl (C=O) groups excluding carboxylic acids is 1. The van der Waals surface area contributed by atoms with Crippen molar-refractivity contribution in [1.82, 2.24) is 14.8 Å². The molecular weight excluding hydrogens is 357 g/mol. The molecule has 1 aliphatic carbocycles. The van der Waals surface area contributed by atoms with Crippen molar-refractivity contribution in [1.29, 1.82) is 0 Å². The van der Waals surface area contributed by atoms with Crippen LogP contribution in [0, 0.1) is 0 Å². The van der Waals surface area contributed by atoms with Gasteiger partial charge in [0.1, 0.15) is 12.1 Å². The van der Waals surface area contributed by atoms with E-state index in [2.05, 4.69) is 20.3 Å². The Kier molecular flexibility index (Phi) is 4.89. The zero-order valence-corrected chi connectivity index (χ0v) is 14.0. The molecule has 3 rings (SSSR count). The summed E-state index contributed by atoms with van der Waals surface area (Å²) in [7, 11) is 0. The molecule has 1 amide bonds. The van der Waals surface area contributed by atoms with E-state index in [1.165, 1.54) is 23.9 Å². The minimum absolute atomic E-state index is 0.278. The predicted octanol–water partition coefficient (Wildman–Crippen LogP) is 3.63. The molecule has 25 heavy (non-hydrogen) atoms. The molecular formula is C15H15F3N4O2S. The molecule has 0 unspecified atom stereocenters. The van der Waals surface area contributed by atoms with Crippen molar-refractivity contribution in [2.75, 3.05) is 5.32 Å². The number of ether oxygens (including phenoxy) is 1. The van der Waals surface area contributed by atoms with Crippen molar-refractivity contribution >= 4 is 23.4 Å². The normalized spacial score (nSPS) is 15.7. The van der Waals surface area contributed by atoms with Gasteiger partial charge >= 0.3 is 6.36 Å². The number of carbonyl (C=O) groups is 1. The van der Waals surface area contributed by atoms with Crippen LogP contribution >= 0.6 is 11.8 Å². The molecule has 0 radical (unpaired) electrons. The van der Waals surface area contributed by atoms with Gasteiger partial charge in [0.2, 0.25) is 5.91 Å². The van der Waals surface area contributed by atoms with Crippen LogP contribution in [-0.4, -0.2) is 32.3 Å². The highest BCUT2D eigenvalue weighted by Gasteiger charge is 2.31. The SMILES string of the molecule is C[C@H](Sc1nncn1C1CC1)C(=O)Nc1ccc(OC(F)(F)F)cc1. The second-order valence-electron chi connectivity index (χ2n) is 5.57. The van der Waals surface area contributed by atoms with Crippen LogP contribution in [0.4, 0.5) is 18.9 Å². The number of alkyl halides is 3. The molecule has 1 fully saturated rings. The summed E-state index contributed by atoms with van der Waals surface area (Å²) in [5.74, 6) is -0.620. The van der Waals surface area contributed by atoms with Crippen LogP contribution in [0.25, 0.3) is 0 Å². The third kappa shape index (κ3) is 4.88. The number of aromatic nitrogens is 3. The van der Waals surface area contributed by atoms with Gasteiger partial charge in [0.25, 0.3) is 0 Å². The minimum atomic E-state index is -4.74. The first-order valence-corrected chi connectivity index (χ1v) is 8.42. The zero-order chi connectivity index (χ0) is 18.0. The molecule has 134 valence electrons. The smallest absolute Gasteiger partial charge is 0.406 e. The van der Waals surface area contributed by atoms with Gasteiger partial charge in [-0.15, -0.1) is 23.4 Å². The maximum Gasteiger partial charge on any atom is 0.573 e. The monoisotopic (exact) mass is 372 g/mol. The number of amides is 1. The van der Waals surface area contributed by atoms with Gasteiger partial charge in [0.15, 0.2) is 5.16 Å². The van der Waals surface area contributed by atoms with E-state index in [0.717, 1.165) is 25.0 Å². The Hall–Kier alpha value is -2.23. The van der Waals surface area contributed by atoms with Gasteiger partial charge in [-0.3, -0.25) is 4.79 Å². The van der Waals surface area contributed by atoms with E-state index in [1.807, 2.05) is 4.57 Å². The fourth-order valence-electron chi connectivity index (χ4n) is 2.11. The van der Waals surface area contributed by atoms with Gasteiger partial charge in [-0.25, -0.2) is 0 Å². The third-order valence-electron chi connectivity index (χ3n) is 3.49. The third-order valence-corrected chi connectivity index (χ3v) is 4.56. The molecule has 6 nitrogen and oxygen atoms in total. The molecule has 1 aliphatic rings. The predicted molar refractivity (Wildman–Crippen MR) is 85.4 cm³/mol. The van der Waals surface area contributed by atoms with E-state index >= 15 is 0 Å². The van der Waals surface area contributed by atoms with Crippen molar-refractivity contribution in [3.05, 3.63) is 30.6 Å². The van der Waals surface area contributed by atoms with Crippen molar-refractivity contribution in [2.45, 2.75) is 42.6 Å². The van der Waals surface area contributed by atoms with E-state index < -0.39 is 11.6 Å². The topological polar surface area (TPSA) is 69.0 Å². The van der Waals surface area contributed by atoms with Crippen LogP contribution < -0.4 is 10.1 Å². The molecule has 1 N–H and O–H groups in total. The number of anilines is 1. The molecule has 1 atom stereocenters. The Balaban J connectivity index is 1.56. The van der Waals surface area contributed by atoms with Crippen LogP contribution in [-0.2, 0) is 4.79 Å². The standard InChI is InChI=1S/C15H15F3N4O2S/c1-9(25-14-21-19-8-22(14)11-4-5-11)13(23)20-10-2-6-12(7-3-10)24-15(16,17)18/h2-3,6-9,11H,4-5H2,1H3,(H,20,23)/t9-/m0/s1. The van der Waals surface area contributed by atoms with Gasteiger partial charge in [-0.05, 0) is 44.0 Å².